The first kappa shape index (κ1) is 31.7. The number of aromatic nitrogens is 4. The van der Waals surface area contributed by atoms with E-state index in [9.17, 15) is 27.9 Å². The van der Waals surface area contributed by atoms with Gasteiger partial charge in [0.15, 0.2) is 5.52 Å². The summed E-state index contributed by atoms with van der Waals surface area (Å²) in [6.07, 6.45) is -4.74. The predicted octanol–water partition coefficient (Wildman–Crippen LogP) is 5.89. The molecule has 1 N–H and O–H groups in total. The zero-order valence-electron chi connectivity index (χ0n) is 25.0. The number of hydrogen-bond acceptors (Lipinski definition) is 9. The molecule has 5 aromatic rings. The number of aromatic carboxylic acids is 1. The van der Waals surface area contributed by atoms with E-state index < -0.39 is 28.8 Å². The largest absolute Gasteiger partial charge is 0.491 e. The summed E-state index contributed by atoms with van der Waals surface area (Å²) in [5, 5.41) is 11.6. The van der Waals surface area contributed by atoms with Crippen LogP contribution in [-0.2, 0) is 12.7 Å². The van der Waals surface area contributed by atoms with Crippen LogP contribution in [0.3, 0.4) is 0 Å². The van der Waals surface area contributed by atoms with Gasteiger partial charge >= 0.3 is 12.1 Å². The highest BCUT2D eigenvalue weighted by Gasteiger charge is 2.36. The van der Waals surface area contributed by atoms with Gasteiger partial charge in [0, 0.05) is 53.4 Å². The third kappa shape index (κ3) is 5.99. The number of hydrogen-bond donors (Lipinski definition) is 1. The first-order valence-corrected chi connectivity index (χ1v) is 15.6. The lowest BCUT2D eigenvalue weighted by molar-refractivity contribution is -0.136. The van der Waals surface area contributed by atoms with Gasteiger partial charge in [-0.2, -0.15) is 13.2 Å². The van der Waals surface area contributed by atoms with Gasteiger partial charge in [0.05, 0.1) is 27.9 Å². The maximum absolute atomic E-state index is 14.2. The van der Waals surface area contributed by atoms with Crippen LogP contribution in [0.25, 0.3) is 32.4 Å². The Kier molecular flexibility index (Phi) is 8.38. The van der Waals surface area contributed by atoms with Gasteiger partial charge in [0.2, 0.25) is 0 Å². The number of rotatable bonds is 7. The van der Waals surface area contributed by atoms with Crippen molar-refractivity contribution in [2.75, 3.05) is 44.7 Å². The number of nitrogens with zero attached hydrogens (tertiary/aromatic N) is 6. The Hall–Kier alpha value is -4.27. The zero-order chi connectivity index (χ0) is 32.9. The van der Waals surface area contributed by atoms with Crippen molar-refractivity contribution in [1.29, 1.82) is 0 Å². The van der Waals surface area contributed by atoms with Crippen molar-refractivity contribution in [1.82, 2.24) is 24.4 Å². The van der Waals surface area contributed by atoms with E-state index in [1.807, 2.05) is 13.1 Å². The Bertz CT molecular complexity index is 2060. The normalized spacial score (nSPS) is 14.4. The van der Waals surface area contributed by atoms with E-state index in [1.54, 1.807) is 30.0 Å². The first-order chi connectivity index (χ1) is 21.8. The molecule has 0 atom stereocenters. The van der Waals surface area contributed by atoms with Crippen LogP contribution >= 0.6 is 22.9 Å². The number of pyridine rings is 2. The van der Waals surface area contributed by atoms with Crippen molar-refractivity contribution in [3.05, 3.63) is 73.7 Å². The molecule has 0 bridgehead atoms. The Morgan fingerprint density at radius 1 is 1.02 bits per heavy atom. The number of thiophene rings is 1. The lowest BCUT2D eigenvalue weighted by Gasteiger charge is -2.33. The van der Waals surface area contributed by atoms with Crippen LogP contribution in [0.15, 0.2) is 40.5 Å². The molecule has 4 aromatic heterocycles. The smallest absolute Gasteiger partial charge is 0.418 e. The summed E-state index contributed by atoms with van der Waals surface area (Å²) < 4.78 is 50.6. The molecule has 240 valence electrons. The average molecular weight is 673 g/mol. The van der Waals surface area contributed by atoms with Crippen LogP contribution < -0.4 is 15.2 Å². The third-order valence-corrected chi connectivity index (χ3v) is 9.15. The number of benzene rings is 1. The topological polar surface area (TPSA) is 114 Å². The van der Waals surface area contributed by atoms with Gasteiger partial charge in [-0.05, 0) is 51.2 Å². The molecule has 0 radical (unpaired) electrons. The standard InChI is InChI=1S/C31H28ClF3N6O4S/c1-16-12-20(28-25(36-16)21(15-46-28)30(43)44)19-13-18(32)4-5-23(19)45-11-10-41-17(2)37-26-22(31(33,34)35)14-24(38-27(26)29(41)42)40-8-6-39(3)7-9-40/h4-5,12-15H,6-11H2,1-3H3,(H,43,44). The highest BCUT2D eigenvalue weighted by Crippen LogP contribution is 2.40. The lowest BCUT2D eigenvalue weighted by Crippen LogP contribution is -2.45. The molecule has 1 aliphatic heterocycles. The number of likely N-dealkylation sites (N-methyl/N-ethyl adjacent to an activating group) is 1. The predicted molar refractivity (Wildman–Crippen MR) is 171 cm³/mol. The minimum absolute atomic E-state index is 0.0234. The van der Waals surface area contributed by atoms with E-state index >= 15 is 0 Å². The number of fused-ring (bicyclic) bond motifs is 2. The quantitative estimate of drug-likeness (QED) is 0.226. The number of carboxylic acids is 1. The lowest BCUT2D eigenvalue weighted by atomic mass is 10.0. The number of piperazine rings is 1. The summed E-state index contributed by atoms with van der Waals surface area (Å²) in [7, 11) is 1.93. The van der Waals surface area contributed by atoms with Gasteiger partial charge in [-0.25, -0.2) is 14.8 Å². The number of anilines is 1. The van der Waals surface area contributed by atoms with Crippen LogP contribution in [0, 0.1) is 13.8 Å². The van der Waals surface area contributed by atoms with Crippen molar-refractivity contribution in [3.63, 3.8) is 0 Å². The number of halogens is 4. The van der Waals surface area contributed by atoms with Crippen molar-refractivity contribution in [2.24, 2.45) is 0 Å². The summed E-state index contributed by atoms with van der Waals surface area (Å²) in [6.45, 7) is 5.42. The molecule has 1 aliphatic rings. The van der Waals surface area contributed by atoms with E-state index in [4.69, 9.17) is 16.3 Å². The third-order valence-electron chi connectivity index (χ3n) is 7.91. The fraction of sp³-hybridized carbons (Fsp3) is 0.323. The molecule has 46 heavy (non-hydrogen) atoms. The van der Waals surface area contributed by atoms with E-state index in [0.717, 1.165) is 6.07 Å². The molecule has 0 unspecified atom stereocenters. The summed E-state index contributed by atoms with van der Waals surface area (Å²) >= 11 is 7.59. The van der Waals surface area contributed by atoms with E-state index in [2.05, 4.69) is 19.9 Å². The fourth-order valence-corrected chi connectivity index (χ4v) is 6.72. The number of ether oxygens (including phenoxy) is 1. The minimum Gasteiger partial charge on any atom is -0.491 e. The van der Waals surface area contributed by atoms with Crippen molar-refractivity contribution < 1.29 is 27.8 Å². The minimum atomic E-state index is -4.74. The molecule has 0 spiro atoms. The van der Waals surface area contributed by atoms with Gasteiger partial charge in [-0.3, -0.25) is 14.3 Å². The SMILES string of the molecule is Cc1cc(-c2cc(Cl)ccc2OCCn2c(C)nc3c(C(F)(F)F)cc(N4CCN(C)CC4)nc3c2=O)c2scc(C(=O)O)c2n1. The Labute approximate surface area is 269 Å². The van der Waals surface area contributed by atoms with Crippen LogP contribution in [0.4, 0.5) is 19.0 Å². The molecule has 0 aliphatic carbocycles. The molecule has 5 heterocycles. The molecular weight excluding hydrogens is 645 g/mol. The number of carbonyl (C=O) groups is 1. The first-order valence-electron chi connectivity index (χ1n) is 14.3. The van der Waals surface area contributed by atoms with Gasteiger partial charge in [-0.1, -0.05) is 11.6 Å². The van der Waals surface area contributed by atoms with Gasteiger partial charge < -0.3 is 19.6 Å². The number of alkyl halides is 3. The van der Waals surface area contributed by atoms with Gasteiger partial charge in [0.25, 0.3) is 5.56 Å². The molecule has 6 rings (SSSR count). The molecule has 0 amide bonds. The summed E-state index contributed by atoms with van der Waals surface area (Å²) in [4.78, 5) is 42.3. The van der Waals surface area contributed by atoms with Crippen molar-refractivity contribution in [2.45, 2.75) is 26.6 Å². The Balaban J connectivity index is 1.35. The van der Waals surface area contributed by atoms with Crippen molar-refractivity contribution in [3.8, 4) is 16.9 Å². The molecule has 0 saturated carbocycles. The molecule has 1 saturated heterocycles. The Morgan fingerprint density at radius 3 is 2.46 bits per heavy atom. The van der Waals surface area contributed by atoms with Crippen molar-refractivity contribution >= 4 is 56.0 Å². The summed E-state index contributed by atoms with van der Waals surface area (Å²) in [6, 6.07) is 7.79. The summed E-state index contributed by atoms with van der Waals surface area (Å²) in [5.74, 6) is -0.503. The van der Waals surface area contributed by atoms with Gasteiger partial charge in [0.1, 0.15) is 29.5 Å². The summed E-state index contributed by atoms with van der Waals surface area (Å²) in [5.41, 5.74) is -0.234. The Morgan fingerprint density at radius 2 is 1.76 bits per heavy atom. The van der Waals surface area contributed by atoms with E-state index in [1.165, 1.54) is 28.2 Å². The fourth-order valence-electron chi connectivity index (χ4n) is 5.54. The van der Waals surface area contributed by atoms with Crippen LogP contribution in [-0.4, -0.2) is 75.3 Å². The van der Waals surface area contributed by atoms with E-state index in [0.29, 0.717) is 64.0 Å². The highest BCUT2D eigenvalue weighted by atomic mass is 35.5. The van der Waals surface area contributed by atoms with Crippen LogP contribution in [0.2, 0.25) is 5.02 Å². The maximum atomic E-state index is 14.2. The zero-order valence-corrected chi connectivity index (χ0v) is 26.6. The monoisotopic (exact) mass is 672 g/mol. The van der Waals surface area contributed by atoms with E-state index in [-0.39, 0.29) is 35.9 Å². The molecule has 1 aromatic carbocycles. The highest BCUT2D eigenvalue weighted by molar-refractivity contribution is 7.18. The molecule has 1 fully saturated rings. The second kappa shape index (κ2) is 12.2. The van der Waals surface area contributed by atoms with Crippen LogP contribution in [0.5, 0.6) is 5.75 Å². The molecule has 15 heteroatoms. The molecular formula is C31H28ClF3N6O4S. The second-order valence-electron chi connectivity index (χ2n) is 11.1. The number of aryl methyl sites for hydroxylation is 2. The molecule has 10 nitrogen and oxygen atoms in total. The van der Waals surface area contributed by atoms with Crippen LogP contribution in [0.1, 0.15) is 27.4 Å². The van der Waals surface area contributed by atoms with Gasteiger partial charge in [-0.15, -0.1) is 11.3 Å². The average Bonchev–Trinajstić information content (AvgIpc) is 3.43. The maximum Gasteiger partial charge on any atom is 0.418 e. The second-order valence-corrected chi connectivity index (χ2v) is 12.4. The number of carboxylic acid groups (broad SMARTS) is 1.